The summed E-state index contributed by atoms with van der Waals surface area (Å²) in [5, 5.41) is 0. The summed E-state index contributed by atoms with van der Waals surface area (Å²) < 4.78 is 5.08. The molecule has 1 atom stereocenters. The Hall–Kier alpha value is -1.92. The molecule has 0 bridgehead atoms. The van der Waals surface area contributed by atoms with E-state index in [4.69, 9.17) is 4.74 Å². The maximum atomic E-state index is 12.8. The molecule has 0 N–H and O–H groups in total. The van der Waals surface area contributed by atoms with Gasteiger partial charge in [0.15, 0.2) is 0 Å². The minimum atomic E-state index is -0.435. The van der Waals surface area contributed by atoms with Gasteiger partial charge in [0.1, 0.15) is 6.04 Å². The molecule has 23 heavy (non-hydrogen) atoms. The lowest BCUT2D eigenvalue weighted by Gasteiger charge is -2.40. The van der Waals surface area contributed by atoms with Gasteiger partial charge in [-0.3, -0.25) is 9.59 Å². The summed E-state index contributed by atoms with van der Waals surface area (Å²) in [6.45, 7) is 2.40. The maximum Gasteiger partial charge on any atom is 0.254 e. The Morgan fingerprint density at radius 1 is 1.22 bits per heavy atom. The van der Waals surface area contributed by atoms with Gasteiger partial charge in [0.25, 0.3) is 5.91 Å². The van der Waals surface area contributed by atoms with E-state index in [0.717, 1.165) is 12.1 Å². The van der Waals surface area contributed by atoms with E-state index >= 15 is 0 Å². The second kappa shape index (κ2) is 7.57. The van der Waals surface area contributed by atoms with Crippen LogP contribution in [0.15, 0.2) is 24.3 Å². The molecule has 1 fully saturated rings. The first-order chi connectivity index (χ1) is 10.9. The van der Waals surface area contributed by atoms with Crippen molar-refractivity contribution < 1.29 is 14.3 Å². The highest BCUT2D eigenvalue weighted by Gasteiger charge is 2.35. The second-order valence-corrected chi connectivity index (χ2v) is 6.14. The van der Waals surface area contributed by atoms with Gasteiger partial charge in [-0.25, -0.2) is 0 Å². The number of amides is 2. The van der Waals surface area contributed by atoms with Gasteiger partial charge >= 0.3 is 0 Å². The number of hydrogen-bond acceptors (Lipinski definition) is 4. The normalized spacial score (nSPS) is 18.8. The lowest BCUT2D eigenvalue weighted by atomic mass is 10.1. The van der Waals surface area contributed by atoms with Gasteiger partial charge in [-0.2, -0.15) is 0 Å². The van der Waals surface area contributed by atoms with Crippen LogP contribution in [0.25, 0.3) is 0 Å². The topological polar surface area (TPSA) is 53.1 Å². The third-order valence-corrected chi connectivity index (χ3v) is 4.08. The van der Waals surface area contributed by atoms with E-state index in [0.29, 0.717) is 25.3 Å². The summed E-state index contributed by atoms with van der Waals surface area (Å²) in [6, 6.07) is 6.93. The number of carbonyl (C=O) groups excluding carboxylic acids is 2. The van der Waals surface area contributed by atoms with E-state index in [-0.39, 0.29) is 11.8 Å². The number of rotatable bonds is 4. The zero-order chi connectivity index (χ0) is 17.0. The number of benzene rings is 1. The number of nitrogens with zero attached hydrogens (tertiary/aromatic N) is 3. The largest absolute Gasteiger partial charge is 0.380 e. The fourth-order valence-electron chi connectivity index (χ4n) is 2.75. The lowest BCUT2D eigenvalue weighted by molar-refractivity contribution is -0.135. The number of likely N-dealkylation sites (N-methyl/N-ethyl adjacent to an activating group) is 2. The van der Waals surface area contributed by atoms with E-state index in [1.165, 1.54) is 0 Å². The Labute approximate surface area is 137 Å². The molecule has 1 aliphatic rings. The molecule has 0 spiro atoms. The van der Waals surface area contributed by atoms with Crippen molar-refractivity contribution >= 4 is 11.8 Å². The Balaban J connectivity index is 2.19. The summed E-state index contributed by atoms with van der Waals surface area (Å²) in [7, 11) is 7.05. The zero-order valence-corrected chi connectivity index (χ0v) is 14.3. The lowest BCUT2D eigenvalue weighted by Crippen LogP contribution is -2.59. The molecule has 1 unspecified atom stereocenters. The third-order valence-electron chi connectivity index (χ3n) is 4.08. The molecular weight excluding hydrogens is 294 g/mol. The smallest absolute Gasteiger partial charge is 0.254 e. The SMILES string of the molecule is COCc1ccc(C(=O)N2CCN(C)CC2C(=O)N(C)C)cc1. The first-order valence-corrected chi connectivity index (χ1v) is 7.72. The van der Waals surface area contributed by atoms with Crippen LogP contribution in [0.2, 0.25) is 0 Å². The minimum absolute atomic E-state index is 0.0408. The molecule has 1 aliphatic heterocycles. The summed E-state index contributed by atoms with van der Waals surface area (Å²) in [5.41, 5.74) is 1.62. The Morgan fingerprint density at radius 2 is 1.87 bits per heavy atom. The highest BCUT2D eigenvalue weighted by molar-refractivity contribution is 5.97. The molecule has 1 saturated heterocycles. The van der Waals surface area contributed by atoms with Gasteiger partial charge in [0, 0.05) is 46.4 Å². The highest BCUT2D eigenvalue weighted by Crippen LogP contribution is 2.16. The molecule has 126 valence electrons. The number of methoxy groups -OCH3 is 1. The first kappa shape index (κ1) is 17.4. The summed E-state index contributed by atoms with van der Waals surface area (Å²) >= 11 is 0. The fraction of sp³-hybridized carbons (Fsp3) is 0.529. The van der Waals surface area contributed by atoms with Gasteiger partial charge in [0.05, 0.1) is 6.61 Å². The standard InChI is InChI=1S/C17H25N3O3/c1-18(2)17(22)15-11-19(3)9-10-20(15)16(21)14-7-5-13(6-8-14)12-23-4/h5-8,15H,9-12H2,1-4H3. The summed E-state index contributed by atoms with van der Waals surface area (Å²) in [6.07, 6.45) is 0. The van der Waals surface area contributed by atoms with E-state index < -0.39 is 6.04 Å². The van der Waals surface area contributed by atoms with Crippen molar-refractivity contribution in [2.75, 3.05) is 47.9 Å². The summed E-state index contributed by atoms with van der Waals surface area (Å²) in [5.74, 6) is -0.136. The van der Waals surface area contributed by atoms with E-state index in [1.54, 1.807) is 43.1 Å². The number of ether oxygens (including phenoxy) is 1. The molecule has 1 aromatic rings. The van der Waals surface area contributed by atoms with Crippen molar-refractivity contribution in [3.8, 4) is 0 Å². The fourth-order valence-corrected chi connectivity index (χ4v) is 2.75. The van der Waals surface area contributed by atoms with Gasteiger partial charge in [-0.1, -0.05) is 12.1 Å². The minimum Gasteiger partial charge on any atom is -0.380 e. The van der Waals surface area contributed by atoms with Crippen LogP contribution in [-0.4, -0.2) is 80.4 Å². The van der Waals surface area contributed by atoms with Gasteiger partial charge in [-0.05, 0) is 24.7 Å². The van der Waals surface area contributed by atoms with Crippen LogP contribution in [0.4, 0.5) is 0 Å². The van der Waals surface area contributed by atoms with Crippen LogP contribution in [-0.2, 0) is 16.1 Å². The maximum absolute atomic E-state index is 12.8. The molecule has 0 radical (unpaired) electrons. The second-order valence-electron chi connectivity index (χ2n) is 6.14. The van der Waals surface area contributed by atoms with Gasteiger partial charge in [0.2, 0.25) is 5.91 Å². The van der Waals surface area contributed by atoms with Crippen molar-refractivity contribution in [2.24, 2.45) is 0 Å². The van der Waals surface area contributed by atoms with Crippen molar-refractivity contribution in [3.05, 3.63) is 35.4 Å². The van der Waals surface area contributed by atoms with Crippen molar-refractivity contribution in [1.82, 2.24) is 14.7 Å². The van der Waals surface area contributed by atoms with E-state index in [9.17, 15) is 9.59 Å². The van der Waals surface area contributed by atoms with Crippen LogP contribution in [0.5, 0.6) is 0 Å². The average molecular weight is 319 g/mol. The van der Waals surface area contributed by atoms with Crippen molar-refractivity contribution in [3.63, 3.8) is 0 Å². The first-order valence-electron chi connectivity index (χ1n) is 7.72. The number of piperazine rings is 1. The molecule has 1 heterocycles. The molecule has 2 amide bonds. The van der Waals surface area contributed by atoms with Crippen molar-refractivity contribution in [1.29, 1.82) is 0 Å². The van der Waals surface area contributed by atoms with Crippen LogP contribution < -0.4 is 0 Å². The quantitative estimate of drug-likeness (QED) is 0.819. The Bertz CT molecular complexity index is 557. The predicted molar refractivity (Wildman–Crippen MR) is 88.2 cm³/mol. The molecule has 6 heteroatoms. The van der Waals surface area contributed by atoms with Gasteiger partial charge in [-0.15, -0.1) is 0 Å². The van der Waals surface area contributed by atoms with Crippen LogP contribution >= 0.6 is 0 Å². The molecule has 1 aromatic carbocycles. The van der Waals surface area contributed by atoms with Crippen LogP contribution in [0.3, 0.4) is 0 Å². The van der Waals surface area contributed by atoms with Crippen LogP contribution in [0, 0.1) is 0 Å². The molecule has 6 nitrogen and oxygen atoms in total. The van der Waals surface area contributed by atoms with E-state index in [1.807, 2.05) is 19.2 Å². The summed E-state index contributed by atoms with van der Waals surface area (Å²) in [4.78, 5) is 30.6. The Morgan fingerprint density at radius 3 is 2.43 bits per heavy atom. The monoisotopic (exact) mass is 319 g/mol. The average Bonchev–Trinajstić information content (AvgIpc) is 2.54. The third kappa shape index (κ3) is 4.09. The van der Waals surface area contributed by atoms with E-state index in [2.05, 4.69) is 4.90 Å². The number of carbonyl (C=O) groups is 2. The molecule has 2 rings (SSSR count). The molecular formula is C17H25N3O3. The van der Waals surface area contributed by atoms with Crippen LogP contribution in [0.1, 0.15) is 15.9 Å². The molecule has 0 aromatic heterocycles. The zero-order valence-electron chi connectivity index (χ0n) is 14.3. The Kier molecular flexibility index (Phi) is 5.74. The van der Waals surface area contributed by atoms with Crippen molar-refractivity contribution in [2.45, 2.75) is 12.6 Å². The predicted octanol–water partition coefficient (Wildman–Crippen LogP) is 0.677. The molecule has 0 aliphatic carbocycles. The number of hydrogen-bond donors (Lipinski definition) is 0. The molecule has 0 saturated carbocycles. The highest BCUT2D eigenvalue weighted by atomic mass is 16.5. The van der Waals surface area contributed by atoms with Gasteiger partial charge < -0.3 is 19.4 Å².